The number of epoxide rings is 1. The van der Waals surface area contributed by atoms with Crippen LogP contribution in [0.1, 0.15) is 53.4 Å². The Kier molecular flexibility index (Phi) is 14.1. The second-order valence-electron chi connectivity index (χ2n) is 13.9. The zero-order valence-electron chi connectivity index (χ0n) is 29.5. The minimum absolute atomic E-state index is 0.0313. The van der Waals surface area contributed by atoms with Crippen LogP contribution in [0.2, 0.25) is 0 Å². The number of esters is 1. The fourth-order valence-corrected chi connectivity index (χ4v) is 6.55. The van der Waals surface area contributed by atoms with Crippen LogP contribution in [-0.4, -0.2) is 132 Å². The fraction of sp³-hybridized carbons (Fsp3) is 0.639. The first-order chi connectivity index (χ1) is 24.4. The zero-order valence-corrected chi connectivity index (χ0v) is 29.5. The van der Waals surface area contributed by atoms with Gasteiger partial charge in [-0.05, 0) is 19.9 Å². The van der Waals surface area contributed by atoms with Gasteiger partial charge in [0.25, 0.3) is 0 Å². The van der Waals surface area contributed by atoms with E-state index in [0.29, 0.717) is 0 Å². The fourth-order valence-electron chi connectivity index (χ4n) is 6.55. The predicted octanol–water partition coefficient (Wildman–Crippen LogP) is -0.137. The summed E-state index contributed by atoms with van der Waals surface area (Å²) in [5.41, 5.74) is -2.58. The van der Waals surface area contributed by atoms with E-state index in [1.54, 1.807) is 43.4 Å². The molecule has 2 bridgehead atoms. The number of ether oxygens (including phenoxy) is 5. The van der Waals surface area contributed by atoms with Gasteiger partial charge in [0.15, 0.2) is 23.9 Å². The summed E-state index contributed by atoms with van der Waals surface area (Å²) in [6.07, 6.45) is 1.46. The van der Waals surface area contributed by atoms with E-state index < -0.39 is 115 Å². The highest BCUT2D eigenvalue weighted by atomic mass is 16.7. The molecule has 0 saturated carbocycles. The number of carboxylic acid groups (broad SMARTS) is 1. The molecular formula is C36H51NO15. The lowest BCUT2D eigenvalue weighted by molar-refractivity contribution is -0.340. The van der Waals surface area contributed by atoms with E-state index in [0.717, 1.165) is 6.92 Å². The van der Waals surface area contributed by atoms with Gasteiger partial charge in [-0.2, -0.15) is 0 Å². The molecular weight excluding hydrogens is 686 g/mol. The van der Waals surface area contributed by atoms with Crippen LogP contribution in [0.3, 0.4) is 0 Å². The highest BCUT2D eigenvalue weighted by Crippen LogP contribution is 2.39. The molecule has 0 radical (unpaired) electrons. The van der Waals surface area contributed by atoms with Crippen molar-refractivity contribution in [3.63, 3.8) is 0 Å². The number of allylic oxidation sites excluding steroid dienone is 6. The Balaban J connectivity index is 1.64. The number of hydrogen-bond acceptors (Lipinski definition) is 14. The highest BCUT2D eigenvalue weighted by molar-refractivity contribution is 5.82. The minimum Gasteiger partial charge on any atom is -0.481 e. The maximum Gasteiger partial charge on any atom is 0.330 e. The number of carbonyl (C=O) groups excluding carboxylic acids is 2. The number of amides is 1. The number of carbonyl (C=O) groups is 3. The molecule has 1 amide bonds. The van der Waals surface area contributed by atoms with E-state index in [2.05, 4.69) is 5.32 Å². The number of carboxylic acids is 1. The van der Waals surface area contributed by atoms with Crippen molar-refractivity contribution in [2.45, 2.75) is 132 Å². The minimum atomic E-state index is -2.58. The highest BCUT2D eigenvalue weighted by Gasteiger charge is 2.56. The van der Waals surface area contributed by atoms with Crippen molar-refractivity contribution in [3.8, 4) is 0 Å². The molecule has 0 aliphatic carbocycles. The summed E-state index contributed by atoms with van der Waals surface area (Å²) in [5.74, 6) is -6.59. The Morgan fingerprint density at radius 2 is 1.50 bits per heavy atom. The second kappa shape index (κ2) is 17.7. The van der Waals surface area contributed by atoms with Gasteiger partial charge in [-0.3, -0.25) is 9.59 Å². The van der Waals surface area contributed by atoms with Gasteiger partial charge in [-0.15, -0.1) is 0 Å². The zero-order chi connectivity index (χ0) is 38.4. The standard InChI is InChI=1S/C36H51NO15/c1-19-11-9-7-5-6-8-10-12-24(50-34-32(43)36(47,37-22(4)38)31(42)21(3)49-34)16-28-30(33(44)45)25(40)18-35(46,52-28)17-23(39)15-27-26(51-27)13-14-29(41)48-20(19)2/h5-14,19-21,23-28,30-32,34,39-40,42-43,46-47H,15-18H2,1-4H3,(H,37,38)(H,44,45)/b7-5-,8-6+,11-9+,12-10+,14-13+/t19?,20?,21-,23?,24?,25-,26-,27-,28-,30+,31-,32-,34+,35+,36+/m1/s1. The summed E-state index contributed by atoms with van der Waals surface area (Å²) in [6.45, 7) is 6.12. The maximum absolute atomic E-state index is 12.4. The molecule has 4 aliphatic rings. The van der Waals surface area contributed by atoms with Gasteiger partial charge >= 0.3 is 11.9 Å². The Morgan fingerprint density at radius 3 is 2.15 bits per heavy atom. The largest absolute Gasteiger partial charge is 0.481 e. The van der Waals surface area contributed by atoms with Crippen LogP contribution in [0.25, 0.3) is 0 Å². The third-order valence-electron chi connectivity index (χ3n) is 9.54. The molecule has 4 aliphatic heterocycles. The number of aliphatic hydroxyl groups is 6. The van der Waals surface area contributed by atoms with Gasteiger partial charge in [0.05, 0.1) is 36.6 Å². The first kappa shape index (κ1) is 41.5. The van der Waals surface area contributed by atoms with Crippen LogP contribution >= 0.6 is 0 Å². The van der Waals surface area contributed by atoms with Crippen LogP contribution in [0.15, 0.2) is 60.8 Å². The third kappa shape index (κ3) is 10.9. The van der Waals surface area contributed by atoms with E-state index in [-0.39, 0.29) is 18.8 Å². The number of rotatable bonds is 4. The van der Waals surface area contributed by atoms with Crippen molar-refractivity contribution < 1.29 is 73.8 Å². The van der Waals surface area contributed by atoms with Crippen LogP contribution in [-0.2, 0) is 38.1 Å². The van der Waals surface area contributed by atoms with Crippen molar-refractivity contribution in [1.29, 1.82) is 0 Å². The molecule has 0 aromatic heterocycles. The summed E-state index contributed by atoms with van der Waals surface area (Å²) in [5, 5.41) is 78.2. The summed E-state index contributed by atoms with van der Waals surface area (Å²) < 4.78 is 28.6. The molecule has 0 spiro atoms. The Hall–Kier alpha value is -3.29. The van der Waals surface area contributed by atoms with E-state index >= 15 is 0 Å². The average Bonchev–Trinajstić information content (AvgIpc) is 3.78. The van der Waals surface area contributed by atoms with Crippen LogP contribution in [0, 0.1) is 11.8 Å². The summed E-state index contributed by atoms with van der Waals surface area (Å²) in [4.78, 5) is 36.6. The average molecular weight is 738 g/mol. The molecule has 3 fully saturated rings. The van der Waals surface area contributed by atoms with Crippen molar-refractivity contribution in [2.75, 3.05) is 0 Å². The molecule has 16 nitrogen and oxygen atoms in total. The molecule has 290 valence electrons. The normalized spacial score (nSPS) is 46.6. The molecule has 8 N–H and O–H groups in total. The van der Waals surface area contributed by atoms with Gasteiger partial charge in [0, 0.05) is 44.6 Å². The van der Waals surface area contributed by atoms with E-state index in [1.165, 1.54) is 25.2 Å². The molecule has 3 saturated heterocycles. The smallest absolute Gasteiger partial charge is 0.330 e. The van der Waals surface area contributed by atoms with Gasteiger partial charge in [-0.1, -0.05) is 55.5 Å². The SMILES string of the molecule is CC(=O)N[C@@]1(O)[C@H](O)[C@H](OC2/C=C/C=C/C=C\C=C\C(C)C(C)OC(=O)/C=C/[C@H]3O[C@@H]3CC(O)C[C@@]3(O)C[C@@H](O)[C@H](C(=O)O)[C@@H](C2)O3)O[C@H](C)[C@H]1O. The Labute approximate surface area is 301 Å². The lowest BCUT2D eigenvalue weighted by Gasteiger charge is -2.48. The molecule has 4 heterocycles. The number of aliphatic carboxylic acids is 1. The van der Waals surface area contributed by atoms with Gasteiger partial charge in [-0.25, -0.2) is 4.79 Å². The molecule has 4 rings (SSSR count). The van der Waals surface area contributed by atoms with Crippen LogP contribution in [0.5, 0.6) is 0 Å². The Morgan fingerprint density at radius 1 is 0.846 bits per heavy atom. The lowest BCUT2D eigenvalue weighted by Crippen LogP contribution is -2.73. The van der Waals surface area contributed by atoms with Gasteiger partial charge < -0.3 is 64.7 Å². The van der Waals surface area contributed by atoms with Crippen molar-refractivity contribution in [2.24, 2.45) is 11.8 Å². The summed E-state index contributed by atoms with van der Waals surface area (Å²) in [7, 11) is 0. The van der Waals surface area contributed by atoms with Crippen molar-refractivity contribution in [1.82, 2.24) is 5.32 Å². The molecule has 16 heteroatoms. The first-order valence-electron chi connectivity index (χ1n) is 17.3. The van der Waals surface area contributed by atoms with Crippen LogP contribution in [0.4, 0.5) is 0 Å². The lowest BCUT2D eigenvalue weighted by atomic mass is 9.83. The van der Waals surface area contributed by atoms with E-state index in [4.69, 9.17) is 23.7 Å². The third-order valence-corrected chi connectivity index (χ3v) is 9.54. The molecule has 0 aromatic carbocycles. The van der Waals surface area contributed by atoms with Gasteiger partial charge in [0.1, 0.15) is 24.2 Å². The quantitative estimate of drug-likeness (QED) is 0.106. The maximum atomic E-state index is 12.4. The van der Waals surface area contributed by atoms with Crippen molar-refractivity contribution in [3.05, 3.63) is 60.8 Å². The molecule has 15 atom stereocenters. The number of cyclic esters (lactones) is 1. The number of hydrogen-bond donors (Lipinski definition) is 8. The summed E-state index contributed by atoms with van der Waals surface area (Å²) >= 11 is 0. The first-order valence-corrected chi connectivity index (χ1v) is 17.3. The summed E-state index contributed by atoms with van der Waals surface area (Å²) in [6, 6.07) is 0. The number of aliphatic hydroxyl groups excluding tert-OH is 4. The topological polar surface area (TPSA) is 254 Å². The molecule has 4 unspecified atom stereocenters. The number of fused-ring (bicyclic) bond motifs is 3. The second-order valence-corrected chi connectivity index (χ2v) is 13.9. The molecule has 52 heavy (non-hydrogen) atoms. The van der Waals surface area contributed by atoms with Gasteiger partial charge in [0.2, 0.25) is 5.91 Å². The van der Waals surface area contributed by atoms with E-state index in [1.807, 2.05) is 13.0 Å². The van der Waals surface area contributed by atoms with Crippen molar-refractivity contribution >= 4 is 17.8 Å². The molecule has 0 aromatic rings. The van der Waals surface area contributed by atoms with E-state index in [9.17, 15) is 50.1 Å². The monoisotopic (exact) mass is 737 g/mol. The predicted molar refractivity (Wildman–Crippen MR) is 180 cm³/mol. The van der Waals surface area contributed by atoms with Crippen LogP contribution < -0.4 is 5.32 Å². The Bertz CT molecular complexity index is 1410. The number of nitrogens with one attached hydrogen (secondary N) is 1.